The number of rotatable bonds is 3. The molecule has 15 heavy (non-hydrogen) atoms. The average Bonchev–Trinajstić information content (AvgIpc) is 2.63. The van der Waals surface area contributed by atoms with E-state index in [4.69, 9.17) is 0 Å². The van der Waals surface area contributed by atoms with Crippen molar-refractivity contribution in [3.05, 3.63) is 35.4 Å². The van der Waals surface area contributed by atoms with Crippen LogP contribution in [-0.4, -0.2) is 11.2 Å². The van der Waals surface area contributed by atoms with Crippen LogP contribution < -0.4 is 0 Å². The van der Waals surface area contributed by atoms with E-state index in [0.717, 1.165) is 19.3 Å². The monoisotopic (exact) mass is 204 g/mol. The number of hydrogen-bond acceptors (Lipinski definition) is 1. The predicted molar refractivity (Wildman–Crippen MR) is 62.8 cm³/mol. The van der Waals surface area contributed by atoms with E-state index in [1.54, 1.807) is 0 Å². The zero-order valence-electron chi connectivity index (χ0n) is 9.45. The molecule has 0 heterocycles. The summed E-state index contributed by atoms with van der Waals surface area (Å²) in [5.74, 6) is 0.546. The predicted octanol–water partition coefficient (Wildman–Crippen LogP) is 3.09. The van der Waals surface area contributed by atoms with Crippen LogP contribution in [0, 0.1) is 12.8 Å². The summed E-state index contributed by atoms with van der Waals surface area (Å²) in [7, 11) is 0. The van der Waals surface area contributed by atoms with Gasteiger partial charge in [0.05, 0.1) is 6.10 Å². The summed E-state index contributed by atoms with van der Waals surface area (Å²) in [6.07, 6.45) is 5.67. The summed E-state index contributed by atoms with van der Waals surface area (Å²) in [5.41, 5.74) is 2.82. The molecule has 2 rings (SSSR count). The van der Waals surface area contributed by atoms with Crippen molar-refractivity contribution >= 4 is 0 Å². The molecule has 0 bridgehead atoms. The van der Waals surface area contributed by atoms with Crippen molar-refractivity contribution in [2.24, 2.45) is 5.92 Å². The van der Waals surface area contributed by atoms with E-state index in [1.165, 1.54) is 24.0 Å². The van der Waals surface area contributed by atoms with Crippen LogP contribution in [-0.2, 0) is 6.42 Å². The minimum atomic E-state index is -0.0333. The van der Waals surface area contributed by atoms with Crippen LogP contribution in [0.4, 0.5) is 0 Å². The second kappa shape index (κ2) is 4.80. The second-order valence-corrected chi connectivity index (χ2v) is 4.72. The standard InChI is InChI=1S/C14H20O/c1-11-5-2-3-6-12(11)9-10-13-7-4-8-14(13)15/h2-3,5-6,13-15H,4,7-10H2,1H3. The topological polar surface area (TPSA) is 20.2 Å². The Balaban J connectivity index is 1.90. The van der Waals surface area contributed by atoms with E-state index in [-0.39, 0.29) is 6.10 Å². The van der Waals surface area contributed by atoms with Crippen molar-refractivity contribution < 1.29 is 5.11 Å². The van der Waals surface area contributed by atoms with E-state index in [1.807, 2.05) is 0 Å². The minimum Gasteiger partial charge on any atom is -0.393 e. The fourth-order valence-electron chi connectivity index (χ4n) is 2.59. The first kappa shape index (κ1) is 10.7. The van der Waals surface area contributed by atoms with Gasteiger partial charge in [0.1, 0.15) is 0 Å². The van der Waals surface area contributed by atoms with E-state index in [0.29, 0.717) is 5.92 Å². The SMILES string of the molecule is Cc1ccccc1CCC1CCCC1O. The van der Waals surface area contributed by atoms with E-state index < -0.39 is 0 Å². The average molecular weight is 204 g/mol. The van der Waals surface area contributed by atoms with Crippen LogP contribution in [0.5, 0.6) is 0 Å². The minimum absolute atomic E-state index is 0.0333. The molecule has 0 spiro atoms. The van der Waals surface area contributed by atoms with Crippen LogP contribution in [0.3, 0.4) is 0 Å². The molecule has 1 aliphatic rings. The quantitative estimate of drug-likeness (QED) is 0.802. The Labute approximate surface area is 92.1 Å². The van der Waals surface area contributed by atoms with Crippen molar-refractivity contribution in [1.82, 2.24) is 0 Å². The summed E-state index contributed by atoms with van der Waals surface area (Å²) < 4.78 is 0. The van der Waals surface area contributed by atoms with E-state index in [9.17, 15) is 5.11 Å². The van der Waals surface area contributed by atoms with Crippen LogP contribution in [0.15, 0.2) is 24.3 Å². The summed E-state index contributed by atoms with van der Waals surface area (Å²) in [6, 6.07) is 8.56. The van der Waals surface area contributed by atoms with Gasteiger partial charge in [-0.1, -0.05) is 30.7 Å². The molecule has 1 aromatic carbocycles. The first-order chi connectivity index (χ1) is 7.27. The summed E-state index contributed by atoms with van der Waals surface area (Å²) in [4.78, 5) is 0. The molecule has 0 saturated heterocycles. The molecular weight excluding hydrogens is 184 g/mol. The molecule has 1 fully saturated rings. The van der Waals surface area contributed by atoms with Crippen LogP contribution in [0.2, 0.25) is 0 Å². The summed E-state index contributed by atoms with van der Waals surface area (Å²) in [5, 5.41) is 9.74. The molecule has 1 saturated carbocycles. The Hall–Kier alpha value is -0.820. The highest BCUT2D eigenvalue weighted by Crippen LogP contribution is 2.29. The smallest absolute Gasteiger partial charge is 0.0568 e. The highest BCUT2D eigenvalue weighted by Gasteiger charge is 2.24. The number of aliphatic hydroxyl groups is 1. The third-order valence-corrected chi connectivity index (χ3v) is 3.66. The zero-order valence-corrected chi connectivity index (χ0v) is 9.45. The van der Waals surface area contributed by atoms with Crippen molar-refractivity contribution in [2.45, 2.75) is 45.1 Å². The highest BCUT2D eigenvalue weighted by atomic mass is 16.3. The molecule has 0 radical (unpaired) electrons. The molecule has 1 aliphatic carbocycles. The van der Waals surface area contributed by atoms with E-state index >= 15 is 0 Å². The number of benzene rings is 1. The molecule has 1 aromatic rings. The van der Waals surface area contributed by atoms with Gasteiger partial charge in [-0.2, -0.15) is 0 Å². The van der Waals surface area contributed by atoms with Crippen molar-refractivity contribution in [3.8, 4) is 0 Å². The van der Waals surface area contributed by atoms with Gasteiger partial charge >= 0.3 is 0 Å². The Morgan fingerprint density at radius 3 is 2.73 bits per heavy atom. The van der Waals surface area contributed by atoms with Crippen molar-refractivity contribution in [3.63, 3.8) is 0 Å². The van der Waals surface area contributed by atoms with Gasteiger partial charge in [-0.3, -0.25) is 0 Å². The highest BCUT2D eigenvalue weighted by molar-refractivity contribution is 5.25. The molecule has 1 nitrogen and oxygen atoms in total. The van der Waals surface area contributed by atoms with Gasteiger partial charge in [-0.05, 0) is 49.7 Å². The summed E-state index contributed by atoms with van der Waals surface area (Å²) in [6.45, 7) is 2.17. The normalized spacial score (nSPS) is 25.7. The Kier molecular flexibility index (Phi) is 3.42. The molecule has 2 atom stereocenters. The second-order valence-electron chi connectivity index (χ2n) is 4.72. The molecule has 1 N–H and O–H groups in total. The summed E-state index contributed by atoms with van der Waals surface area (Å²) >= 11 is 0. The van der Waals surface area contributed by atoms with Gasteiger partial charge in [0.2, 0.25) is 0 Å². The lowest BCUT2D eigenvalue weighted by molar-refractivity contribution is 0.128. The Morgan fingerprint density at radius 2 is 2.07 bits per heavy atom. The molecule has 0 aliphatic heterocycles. The third kappa shape index (κ3) is 2.60. The number of aliphatic hydroxyl groups excluding tert-OH is 1. The molecule has 82 valence electrons. The van der Waals surface area contributed by atoms with Crippen LogP contribution in [0.1, 0.15) is 36.8 Å². The van der Waals surface area contributed by atoms with Crippen molar-refractivity contribution in [1.29, 1.82) is 0 Å². The van der Waals surface area contributed by atoms with Gasteiger partial charge in [0, 0.05) is 0 Å². The number of aryl methyl sites for hydroxylation is 2. The fraction of sp³-hybridized carbons (Fsp3) is 0.571. The van der Waals surface area contributed by atoms with Crippen molar-refractivity contribution in [2.75, 3.05) is 0 Å². The lowest BCUT2D eigenvalue weighted by Gasteiger charge is -2.14. The molecule has 0 aromatic heterocycles. The van der Waals surface area contributed by atoms with Gasteiger partial charge in [0.15, 0.2) is 0 Å². The van der Waals surface area contributed by atoms with Gasteiger partial charge in [0.25, 0.3) is 0 Å². The zero-order chi connectivity index (χ0) is 10.7. The first-order valence-corrected chi connectivity index (χ1v) is 6.00. The third-order valence-electron chi connectivity index (χ3n) is 3.66. The Bertz CT molecular complexity index is 319. The largest absolute Gasteiger partial charge is 0.393 e. The molecule has 0 amide bonds. The maximum atomic E-state index is 9.74. The molecular formula is C14H20O. The van der Waals surface area contributed by atoms with Gasteiger partial charge in [-0.15, -0.1) is 0 Å². The van der Waals surface area contributed by atoms with Crippen LogP contribution >= 0.6 is 0 Å². The number of hydrogen-bond donors (Lipinski definition) is 1. The Morgan fingerprint density at radius 1 is 1.27 bits per heavy atom. The fourth-order valence-corrected chi connectivity index (χ4v) is 2.59. The van der Waals surface area contributed by atoms with E-state index in [2.05, 4.69) is 31.2 Å². The maximum Gasteiger partial charge on any atom is 0.0568 e. The first-order valence-electron chi connectivity index (χ1n) is 6.00. The van der Waals surface area contributed by atoms with Crippen LogP contribution in [0.25, 0.3) is 0 Å². The van der Waals surface area contributed by atoms with Gasteiger partial charge in [-0.25, -0.2) is 0 Å². The lowest BCUT2D eigenvalue weighted by atomic mass is 9.95. The lowest BCUT2D eigenvalue weighted by Crippen LogP contribution is -2.13. The van der Waals surface area contributed by atoms with Gasteiger partial charge < -0.3 is 5.11 Å². The molecule has 1 heteroatoms. The maximum absolute atomic E-state index is 9.74. The molecule has 2 unspecified atom stereocenters.